The second-order valence-corrected chi connectivity index (χ2v) is 20.9. The van der Waals surface area contributed by atoms with Crippen LogP contribution in [0, 0.1) is 0 Å². The van der Waals surface area contributed by atoms with Gasteiger partial charge in [-0.15, -0.1) is 0 Å². The molecule has 0 aliphatic heterocycles. The number of hydrogen-bond acceptors (Lipinski definition) is 4. The smallest absolute Gasteiger partial charge is 0.139 e. The molecule has 12 aromatic rings. The van der Waals surface area contributed by atoms with E-state index >= 15 is 0 Å². The van der Waals surface area contributed by atoms with Crippen molar-refractivity contribution >= 4 is 97.5 Å². The summed E-state index contributed by atoms with van der Waals surface area (Å²) in [5, 5.41) is 0. The summed E-state index contributed by atoms with van der Waals surface area (Å²) in [7, 11) is 2.23. The molecule has 4 nitrogen and oxygen atoms in total. The van der Waals surface area contributed by atoms with Gasteiger partial charge in [0.1, 0.15) is 7.85 Å². The molecule has 0 bridgehead atoms. The molecule has 0 fully saturated rings. The van der Waals surface area contributed by atoms with E-state index in [9.17, 15) is 0 Å². The molecule has 0 spiro atoms. The predicted octanol–water partition coefficient (Wildman–Crippen LogP) is 18.9. The molecule has 376 valence electrons. The average molecular weight is 1080 g/mol. The lowest BCUT2D eigenvalue weighted by Crippen LogP contribution is -2.31. The number of fused-ring (bicyclic) bond motifs is 3. The van der Waals surface area contributed by atoms with Gasteiger partial charge in [0.05, 0.1) is 5.41 Å². The summed E-state index contributed by atoms with van der Waals surface area (Å²) in [5.74, 6) is 0. The van der Waals surface area contributed by atoms with Gasteiger partial charge in [-0.25, -0.2) is 0 Å². The molecule has 13 rings (SSSR count). The van der Waals surface area contributed by atoms with Crippen LogP contribution in [0.3, 0.4) is 0 Å². The van der Waals surface area contributed by atoms with Gasteiger partial charge in [0.15, 0.2) is 0 Å². The first-order chi connectivity index (χ1) is 39.0. The van der Waals surface area contributed by atoms with E-state index in [4.69, 9.17) is 0 Å². The van der Waals surface area contributed by atoms with Gasteiger partial charge in [-0.3, -0.25) is 0 Å². The molecule has 6 heteroatoms. The van der Waals surface area contributed by atoms with Gasteiger partial charge in [-0.05, 0) is 179 Å². The Kier molecular flexibility index (Phi) is 13.3. The van der Waals surface area contributed by atoms with E-state index in [1.54, 1.807) is 0 Å². The third-order valence-electron chi connectivity index (χ3n) is 15.1. The van der Waals surface area contributed by atoms with E-state index in [-0.39, 0.29) is 0 Å². The molecule has 0 heterocycles. The van der Waals surface area contributed by atoms with Crippen molar-refractivity contribution in [3.8, 4) is 11.1 Å². The summed E-state index contributed by atoms with van der Waals surface area (Å²) < 4.78 is 1.00. The van der Waals surface area contributed by atoms with E-state index in [1.165, 1.54) is 27.7 Å². The highest BCUT2D eigenvalue weighted by atomic mass is 79.9. The van der Waals surface area contributed by atoms with Crippen molar-refractivity contribution in [3.63, 3.8) is 0 Å². The van der Waals surface area contributed by atoms with Crippen LogP contribution >= 0.6 is 15.9 Å². The molecule has 0 aromatic heterocycles. The van der Waals surface area contributed by atoms with Gasteiger partial charge in [-0.2, -0.15) is 0 Å². The van der Waals surface area contributed by atoms with Crippen LogP contribution in [-0.2, 0) is 5.41 Å². The maximum atomic E-state index is 4.08. The summed E-state index contributed by atoms with van der Waals surface area (Å²) in [4.78, 5) is 9.63. The molecule has 0 amide bonds. The molecule has 79 heavy (non-hydrogen) atoms. The maximum absolute atomic E-state index is 4.08. The maximum Gasteiger partial charge on any atom is 0.139 e. The monoisotopic (exact) mass is 1080 g/mol. The summed E-state index contributed by atoms with van der Waals surface area (Å²) in [5.41, 5.74) is 19.7. The van der Waals surface area contributed by atoms with Crippen LogP contribution in [0.4, 0.5) is 68.2 Å². The Bertz CT molecular complexity index is 3410. The van der Waals surface area contributed by atoms with Crippen LogP contribution in [0.2, 0.25) is 0 Å². The molecule has 0 unspecified atom stereocenters. The van der Waals surface area contributed by atoms with Crippen LogP contribution in [0.1, 0.15) is 22.3 Å². The lowest BCUT2D eigenvalue weighted by molar-refractivity contribution is 0.768. The Balaban J connectivity index is 1.21. The number of anilines is 12. The first kappa shape index (κ1) is 49.0. The fourth-order valence-corrected chi connectivity index (χ4v) is 12.1. The van der Waals surface area contributed by atoms with Crippen LogP contribution in [-0.4, -0.2) is 7.85 Å². The van der Waals surface area contributed by atoms with Gasteiger partial charge in [0.2, 0.25) is 0 Å². The van der Waals surface area contributed by atoms with Gasteiger partial charge >= 0.3 is 0 Å². The first-order valence-corrected chi connectivity index (χ1v) is 27.6. The van der Waals surface area contributed by atoms with Crippen molar-refractivity contribution in [2.45, 2.75) is 5.41 Å². The van der Waals surface area contributed by atoms with E-state index in [0.29, 0.717) is 0 Å². The minimum Gasteiger partial charge on any atom is -0.310 e. The highest BCUT2D eigenvalue weighted by molar-refractivity contribution is 9.10. The van der Waals surface area contributed by atoms with Crippen molar-refractivity contribution in [2.75, 3.05) is 19.6 Å². The number of benzene rings is 12. The standard InChI is InChI=1S/C73H54BBrN4/c74-55-41-43-69-70-44-42-56(75)50-72(70)73(71(69)49-55,53-45-65(76(57-25-9-1-10-26-57)58-27-11-2-12-28-58)51-66(46-53)77(59-29-13-3-14-30-59)60-31-15-4-16-32-60)54-47-67(78(61-33-17-5-18-34-61)62-35-19-6-20-36-62)52-68(48-54)79(63-37-21-7-22-38-63)64-39-23-8-24-40-64/h1-52H,74H2. The number of rotatable bonds is 14. The summed E-state index contributed by atoms with van der Waals surface area (Å²) in [6.07, 6.45) is 0. The molecule has 1 aliphatic rings. The lowest BCUT2D eigenvalue weighted by Gasteiger charge is -2.39. The van der Waals surface area contributed by atoms with E-state index in [1.807, 2.05) is 0 Å². The third kappa shape index (κ3) is 9.26. The van der Waals surface area contributed by atoms with Crippen LogP contribution in [0.25, 0.3) is 11.1 Å². The number of para-hydroxylation sites is 8. The topological polar surface area (TPSA) is 13.0 Å². The zero-order valence-electron chi connectivity index (χ0n) is 43.7. The molecule has 0 N–H and O–H groups in total. The molecule has 0 atom stereocenters. The SMILES string of the molecule is Bc1ccc2c(c1)C(c1cc(N(c3ccccc3)c3ccccc3)cc(N(c3ccccc3)c3ccccc3)c1)(c1cc(N(c3ccccc3)c3ccccc3)cc(N(c3ccccc3)c3ccccc3)c1)c1cc(Br)ccc1-2. The molecule has 0 saturated carbocycles. The molecular formula is C73H54BBrN4. The van der Waals surface area contributed by atoms with E-state index in [0.717, 1.165) is 83.8 Å². The van der Waals surface area contributed by atoms with E-state index < -0.39 is 5.41 Å². The second-order valence-electron chi connectivity index (χ2n) is 20.0. The minimum atomic E-state index is -0.938. The normalized spacial score (nSPS) is 12.0. The molecular weight excluding hydrogens is 1020 g/mol. The molecule has 0 radical (unpaired) electrons. The number of hydrogen-bond donors (Lipinski definition) is 0. The molecule has 1 aliphatic carbocycles. The van der Waals surface area contributed by atoms with Crippen molar-refractivity contribution in [2.24, 2.45) is 0 Å². The van der Waals surface area contributed by atoms with Crippen LogP contribution in [0.15, 0.2) is 320 Å². The Hall–Kier alpha value is -9.62. The van der Waals surface area contributed by atoms with Crippen LogP contribution in [0.5, 0.6) is 0 Å². The van der Waals surface area contributed by atoms with Crippen molar-refractivity contribution in [1.82, 2.24) is 0 Å². The first-order valence-electron chi connectivity index (χ1n) is 26.8. The van der Waals surface area contributed by atoms with Crippen molar-refractivity contribution in [1.29, 1.82) is 0 Å². The molecule has 0 saturated heterocycles. The summed E-state index contributed by atoms with van der Waals surface area (Å²) in [6.45, 7) is 0. The highest BCUT2D eigenvalue weighted by Gasteiger charge is 2.48. The fourth-order valence-electron chi connectivity index (χ4n) is 11.7. The van der Waals surface area contributed by atoms with Crippen LogP contribution < -0.4 is 25.1 Å². The van der Waals surface area contributed by atoms with Crippen molar-refractivity contribution < 1.29 is 0 Å². The van der Waals surface area contributed by atoms with Gasteiger partial charge in [0.25, 0.3) is 0 Å². The average Bonchev–Trinajstić information content (AvgIpc) is 3.36. The van der Waals surface area contributed by atoms with Gasteiger partial charge in [0, 0.05) is 72.7 Å². The number of nitrogens with zero attached hydrogens (tertiary/aromatic N) is 4. The Labute approximate surface area is 472 Å². The summed E-state index contributed by atoms with van der Waals surface area (Å²) in [6, 6.07) is 115. The minimum absolute atomic E-state index is 0.938. The Morgan fingerprint density at radius 1 is 0.241 bits per heavy atom. The van der Waals surface area contributed by atoms with Crippen molar-refractivity contribution in [3.05, 3.63) is 342 Å². The third-order valence-corrected chi connectivity index (χ3v) is 15.6. The highest BCUT2D eigenvalue weighted by Crippen LogP contribution is 2.59. The zero-order chi connectivity index (χ0) is 53.1. The lowest BCUT2D eigenvalue weighted by atomic mass is 9.66. The Morgan fingerprint density at radius 2 is 0.481 bits per heavy atom. The molecule has 12 aromatic carbocycles. The quantitative estimate of drug-likeness (QED) is 0.101. The van der Waals surface area contributed by atoms with Gasteiger partial charge < -0.3 is 19.6 Å². The predicted molar refractivity (Wildman–Crippen MR) is 338 cm³/mol. The second kappa shape index (κ2) is 21.4. The largest absolute Gasteiger partial charge is 0.310 e. The zero-order valence-corrected chi connectivity index (χ0v) is 45.3. The summed E-state index contributed by atoms with van der Waals surface area (Å²) >= 11 is 4.08. The van der Waals surface area contributed by atoms with E-state index in [2.05, 4.69) is 359 Å². The number of halogens is 1. The Morgan fingerprint density at radius 3 is 0.747 bits per heavy atom. The van der Waals surface area contributed by atoms with Gasteiger partial charge in [-0.1, -0.05) is 191 Å². The fraction of sp³-hybridized carbons (Fsp3) is 0.0137.